The van der Waals surface area contributed by atoms with Gasteiger partial charge in [0.2, 0.25) is 0 Å². The minimum absolute atomic E-state index is 0.0769. The van der Waals surface area contributed by atoms with Gasteiger partial charge in [-0.15, -0.1) is 0 Å². The molecule has 102 valence electrons. The molecule has 0 aromatic heterocycles. The van der Waals surface area contributed by atoms with Gasteiger partial charge in [0.05, 0.1) is 13.7 Å². The normalized spacial score (nSPS) is 14.3. The Morgan fingerprint density at radius 3 is 2.17 bits per heavy atom. The van der Waals surface area contributed by atoms with E-state index in [-0.39, 0.29) is 12.0 Å². The highest BCUT2D eigenvalue weighted by atomic mass is 16.5. The Kier molecular flexibility index (Phi) is 5.48. The Morgan fingerprint density at radius 1 is 1.17 bits per heavy atom. The van der Waals surface area contributed by atoms with Crippen molar-refractivity contribution in [2.75, 3.05) is 20.3 Å². The number of aliphatic hydroxyl groups excluding tert-OH is 1. The summed E-state index contributed by atoms with van der Waals surface area (Å²) >= 11 is 0. The first-order valence-electron chi connectivity index (χ1n) is 6.39. The van der Waals surface area contributed by atoms with Crippen LogP contribution in [-0.4, -0.2) is 25.4 Å². The van der Waals surface area contributed by atoms with Crippen LogP contribution in [0, 0.1) is 11.3 Å². The molecule has 0 saturated heterocycles. The van der Waals surface area contributed by atoms with Crippen molar-refractivity contribution < 1.29 is 14.6 Å². The minimum atomic E-state index is -0.0769. The lowest BCUT2D eigenvalue weighted by Crippen LogP contribution is -2.29. The van der Waals surface area contributed by atoms with Crippen molar-refractivity contribution in [2.24, 2.45) is 11.3 Å². The Balaban J connectivity index is 2.45. The van der Waals surface area contributed by atoms with E-state index in [1.54, 1.807) is 7.11 Å². The molecule has 1 N–H and O–H groups in total. The van der Waals surface area contributed by atoms with E-state index in [2.05, 4.69) is 20.8 Å². The molecule has 0 aliphatic rings. The van der Waals surface area contributed by atoms with E-state index in [1.807, 2.05) is 24.3 Å². The van der Waals surface area contributed by atoms with E-state index in [0.29, 0.717) is 12.5 Å². The molecular formula is C15H24O3. The van der Waals surface area contributed by atoms with E-state index in [1.165, 1.54) is 0 Å². The van der Waals surface area contributed by atoms with Crippen molar-refractivity contribution in [1.82, 2.24) is 0 Å². The first kappa shape index (κ1) is 14.8. The molecule has 0 fully saturated rings. The molecule has 1 aromatic carbocycles. The van der Waals surface area contributed by atoms with Gasteiger partial charge in [-0.05, 0) is 42.0 Å². The van der Waals surface area contributed by atoms with Crippen LogP contribution in [0.2, 0.25) is 0 Å². The van der Waals surface area contributed by atoms with Crippen LogP contribution in [-0.2, 0) is 0 Å². The van der Waals surface area contributed by atoms with Crippen LogP contribution >= 0.6 is 0 Å². The molecule has 0 saturated carbocycles. The number of rotatable bonds is 7. The molecule has 0 radical (unpaired) electrons. The van der Waals surface area contributed by atoms with Crippen molar-refractivity contribution in [1.29, 1.82) is 0 Å². The lowest BCUT2D eigenvalue weighted by Gasteiger charge is -2.31. The van der Waals surface area contributed by atoms with Crippen molar-refractivity contribution in [3.05, 3.63) is 24.3 Å². The highest BCUT2D eigenvalue weighted by Crippen LogP contribution is 2.30. The predicted octanol–water partition coefficient (Wildman–Crippen LogP) is 3.12. The first-order valence-corrected chi connectivity index (χ1v) is 6.39. The summed E-state index contributed by atoms with van der Waals surface area (Å²) in [5.41, 5.74) is -0.0769. The maximum atomic E-state index is 9.45. The van der Waals surface area contributed by atoms with Gasteiger partial charge in [-0.2, -0.15) is 0 Å². The van der Waals surface area contributed by atoms with Gasteiger partial charge in [0.15, 0.2) is 0 Å². The minimum Gasteiger partial charge on any atom is -0.497 e. The molecular weight excluding hydrogens is 228 g/mol. The van der Waals surface area contributed by atoms with E-state index in [4.69, 9.17) is 9.47 Å². The second kappa shape index (κ2) is 6.64. The number of hydrogen-bond acceptors (Lipinski definition) is 3. The zero-order valence-corrected chi connectivity index (χ0v) is 11.8. The summed E-state index contributed by atoms with van der Waals surface area (Å²) in [5, 5.41) is 9.45. The van der Waals surface area contributed by atoms with E-state index in [0.717, 1.165) is 17.9 Å². The molecule has 1 atom stereocenters. The maximum Gasteiger partial charge on any atom is 0.119 e. The fraction of sp³-hybridized carbons (Fsp3) is 0.600. The first-order chi connectivity index (χ1) is 8.51. The lowest BCUT2D eigenvalue weighted by molar-refractivity contribution is 0.0691. The standard InChI is InChI=1S/C15H24O3/c1-12(2)15(3,11-16)9-10-18-14-7-5-13(17-4)6-8-14/h5-8,12,16H,9-11H2,1-4H3. The topological polar surface area (TPSA) is 38.7 Å². The summed E-state index contributed by atoms with van der Waals surface area (Å²) < 4.78 is 10.8. The fourth-order valence-electron chi connectivity index (χ4n) is 1.62. The third-order valence-electron chi connectivity index (χ3n) is 3.76. The maximum absolute atomic E-state index is 9.45. The van der Waals surface area contributed by atoms with Gasteiger partial charge in [-0.25, -0.2) is 0 Å². The number of aliphatic hydroxyl groups is 1. The number of hydrogen-bond donors (Lipinski definition) is 1. The van der Waals surface area contributed by atoms with Gasteiger partial charge in [0.25, 0.3) is 0 Å². The van der Waals surface area contributed by atoms with Crippen molar-refractivity contribution in [3.8, 4) is 11.5 Å². The largest absolute Gasteiger partial charge is 0.497 e. The summed E-state index contributed by atoms with van der Waals surface area (Å²) in [7, 11) is 1.64. The highest BCUT2D eigenvalue weighted by Gasteiger charge is 2.27. The molecule has 3 heteroatoms. The van der Waals surface area contributed by atoms with Crippen LogP contribution in [0.3, 0.4) is 0 Å². The molecule has 0 spiro atoms. The van der Waals surface area contributed by atoms with Crippen LogP contribution in [0.5, 0.6) is 11.5 Å². The van der Waals surface area contributed by atoms with Gasteiger partial charge in [-0.1, -0.05) is 20.8 Å². The molecule has 1 unspecified atom stereocenters. The number of benzene rings is 1. The second-order valence-corrected chi connectivity index (χ2v) is 5.24. The van der Waals surface area contributed by atoms with Crippen LogP contribution in [0.15, 0.2) is 24.3 Å². The SMILES string of the molecule is COc1ccc(OCCC(C)(CO)C(C)C)cc1. The molecule has 0 aliphatic heterocycles. The Hall–Kier alpha value is -1.22. The van der Waals surface area contributed by atoms with Gasteiger partial charge in [-0.3, -0.25) is 0 Å². The average molecular weight is 252 g/mol. The molecule has 1 aromatic rings. The Morgan fingerprint density at radius 2 is 1.72 bits per heavy atom. The van der Waals surface area contributed by atoms with Crippen molar-refractivity contribution in [2.45, 2.75) is 27.2 Å². The van der Waals surface area contributed by atoms with Crippen molar-refractivity contribution in [3.63, 3.8) is 0 Å². The Labute approximate surface area is 110 Å². The predicted molar refractivity (Wildman–Crippen MR) is 73.1 cm³/mol. The smallest absolute Gasteiger partial charge is 0.119 e. The molecule has 18 heavy (non-hydrogen) atoms. The monoisotopic (exact) mass is 252 g/mol. The number of ether oxygens (including phenoxy) is 2. The fourth-order valence-corrected chi connectivity index (χ4v) is 1.62. The molecule has 0 amide bonds. The average Bonchev–Trinajstić information content (AvgIpc) is 2.39. The molecule has 0 bridgehead atoms. The second-order valence-electron chi connectivity index (χ2n) is 5.24. The summed E-state index contributed by atoms with van der Waals surface area (Å²) in [5.74, 6) is 2.09. The van der Waals surface area contributed by atoms with Gasteiger partial charge in [0, 0.05) is 6.61 Å². The van der Waals surface area contributed by atoms with Gasteiger partial charge in [0.1, 0.15) is 11.5 Å². The summed E-state index contributed by atoms with van der Waals surface area (Å²) in [4.78, 5) is 0. The van der Waals surface area contributed by atoms with Crippen molar-refractivity contribution >= 4 is 0 Å². The van der Waals surface area contributed by atoms with E-state index < -0.39 is 0 Å². The van der Waals surface area contributed by atoms with Crippen LogP contribution in [0.4, 0.5) is 0 Å². The van der Waals surface area contributed by atoms with Crippen LogP contribution in [0.1, 0.15) is 27.2 Å². The molecule has 3 nitrogen and oxygen atoms in total. The Bertz CT molecular complexity index is 345. The highest BCUT2D eigenvalue weighted by molar-refractivity contribution is 5.31. The molecule has 1 rings (SSSR count). The quantitative estimate of drug-likeness (QED) is 0.810. The third kappa shape index (κ3) is 3.91. The lowest BCUT2D eigenvalue weighted by atomic mass is 9.77. The zero-order chi connectivity index (χ0) is 13.6. The van der Waals surface area contributed by atoms with Gasteiger partial charge >= 0.3 is 0 Å². The van der Waals surface area contributed by atoms with E-state index in [9.17, 15) is 5.11 Å². The number of methoxy groups -OCH3 is 1. The van der Waals surface area contributed by atoms with Crippen LogP contribution in [0.25, 0.3) is 0 Å². The van der Waals surface area contributed by atoms with Crippen LogP contribution < -0.4 is 9.47 Å². The molecule has 0 aliphatic carbocycles. The van der Waals surface area contributed by atoms with E-state index >= 15 is 0 Å². The molecule has 0 heterocycles. The zero-order valence-electron chi connectivity index (χ0n) is 11.8. The third-order valence-corrected chi connectivity index (χ3v) is 3.76. The van der Waals surface area contributed by atoms with Gasteiger partial charge < -0.3 is 14.6 Å². The summed E-state index contributed by atoms with van der Waals surface area (Å²) in [6.45, 7) is 7.15. The summed E-state index contributed by atoms with van der Waals surface area (Å²) in [6, 6.07) is 7.54. The summed E-state index contributed by atoms with van der Waals surface area (Å²) in [6.07, 6.45) is 0.840.